The number of urea groups is 1. The minimum Gasteiger partial charge on any atom is -0.318 e. The number of nitrogens with zero attached hydrogens (tertiary/aromatic N) is 1. The van der Waals surface area contributed by atoms with Gasteiger partial charge in [-0.3, -0.25) is 0 Å². The van der Waals surface area contributed by atoms with Crippen LogP contribution >= 0.6 is 0 Å². The van der Waals surface area contributed by atoms with Crippen molar-refractivity contribution in [2.45, 2.75) is 47.9 Å². The lowest BCUT2D eigenvalue weighted by Crippen LogP contribution is -2.51. The molecule has 2 aliphatic heterocycles. The van der Waals surface area contributed by atoms with Crippen molar-refractivity contribution < 1.29 is 13.2 Å². The molecule has 1 N–H and O–H groups in total. The van der Waals surface area contributed by atoms with Gasteiger partial charge in [0.05, 0.1) is 10.1 Å². The number of nitrogens with one attached hydrogen (secondary N) is 1. The molecule has 5 nitrogen and oxygen atoms in total. The molecule has 2 aromatic rings. The Morgan fingerprint density at radius 1 is 0.885 bits per heavy atom. The molecule has 136 valence electrons. The van der Waals surface area contributed by atoms with Gasteiger partial charge in [-0.05, 0) is 49.9 Å². The van der Waals surface area contributed by atoms with Crippen molar-refractivity contribution in [3.63, 3.8) is 0 Å². The van der Waals surface area contributed by atoms with E-state index in [9.17, 15) is 13.2 Å². The van der Waals surface area contributed by atoms with E-state index in [-0.39, 0.29) is 18.1 Å². The van der Waals surface area contributed by atoms with Gasteiger partial charge in [0.2, 0.25) is 0 Å². The molecule has 4 rings (SSSR count). The van der Waals surface area contributed by atoms with E-state index < -0.39 is 15.1 Å². The lowest BCUT2D eigenvalue weighted by atomic mass is 10.0. The van der Waals surface area contributed by atoms with Crippen molar-refractivity contribution in [3.8, 4) is 0 Å². The minimum atomic E-state index is -3.35. The Kier molecular flexibility index (Phi) is 4.44. The molecular weight excluding hydrogens is 348 g/mol. The summed E-state index contributed by atoms with van der Waals surface area (Å²) in [5.41, 5.74) is 0.760. The zero-order valence-corrected chi connectivity index (χ0v) is 15.2. The molecule has 0 saturated carbocycles. The van der Waals surface area contributed by atoms with Crippen LogP contribution in [0.5, 0.6) is 0 Å². The highest BCUT2D eigenvalue weighted by molar-refractivity contribution is 7.92. The first-order chi connectivity index (χ1) is 12.6. The molecule has 2 amide bonds. The van der Waals surface area contributed by atoms with E-state index in [0.29, 0.717) is 17.7 Å². The summed E-state index contributed by atoms with van der Waals surface area (Å²) in [6.07, 6.45) is 2.76. The van der Waals surface area contributed by atoms with E-state index in [4.69, 9.17) is 0 Å². The predicted molar refractivity (Wildman–Crippen MR) is 101 cm³/mol. The first kappa shape index (κ1) is 17.1. The number of carbonyl (C=O) groups excluding carboxylic acids is 1. The van der Waals surface area contributed by atoms with Crippen molar-refractivity contribution >= 4 is 21.6 Å². The average molecular weight is 370 g/mol. The number of carbonyl (C=O) groups is 1. The molecule has 6 heteroatoms. The van der Waals surface area contributed by atoms with Gasteiger partial charge in [-0.2, -0.15) is 0 Å². The monoisotopic (exact) mass is 370 g/mol. The van der Waals surface area contributed by atoms with Gasteiger partial charge in [0.15, 0.2) is 9.84 Å². The number of hydrogen-bond donors (Lipinski definition) is 1. The van der Waals surface area contributed by atoms with E-state index in [2.05, 4.69) is 5.32 Å². The molecule has 1 unspecified atom stereocenters. The van der Waals surface area contributed by atoms with Crippen molar-refractivity contribution in [2.75, 3.05) is 5.32 Å². The molecule has 2 fully saturated rings. The van der Waals surface area contributed by atoms with Gasteiger partial charge in [0, 0.05) is 17.8 Å². The van der Waals surface area contributed by atoms with Crippen LogP contribution in [0, 0.1) is 0 Å². The fraction of sp³-hybridized carbons (Fsp3) is 0.350. The topological polar surface area (TPSA) is 66.5 Å². The van der Waals surface area contributed by atoms with Crippen LogP contribution in [0.3, 0.4) is 0 Å². The highest BCUT2D eigenvalue weighted by Gasteiger charge is 2.47. The van der Waals surface area contributed by atoms with Crippen LogP contribution in [0.15, 0.2) is 65.6 Å². The van der Waals surface area contributed by atoms with Gasteiger partial charge in [0.1, 0.15) is 0 Å². The third-order valence-corrected chi connectivity index (χ3v) is 7.65. The van der Waals surface area contributed by atoms with Crippen LogP contribution in [0.2, 0.25) is 0 Å². The quantitative estimate of drug-likeness (QED) is 0.896. The Hall–Kier alpha value is -2.34. The summed E-state index contributed by atoms with van der Waals surface area (Å²) in [6, 6.07) is 17.9. The summed E-state index contributed by atoms with van der Waals surface area (Å²) in [5.74, 6) is 0. The van der Waals surface area contributed by atoms with Crippen molar-refractivity contribution in [1.82, 2.24) is 4.90 Å². The third-order valence-electron chi connectivity index (χ3n) is 5.46. The Morgan fingerprint density at radius 3 is 2.00 bits per heavy atom. The second-order valence-corrected chi connectivity index (χ2v) is 9.27. The maximum absolute atomic E-state index is 13.0. The lowest BCUT2D eigenvalue weighted by molar-refractivity contribution is 0.160. The standard InChI is InChI=1S/C20H22N2O3S/c23-20(21-15-7-3-1-4-8-15)22-16-11-12-17(22)14-19(13-16)26(24,25)18-9-5-2-6-10-18/h1-10,16-17,19H,11-14H2,(H,21,23)/t16-,17+,19?. The Bertz CT molecular complexity index is 870. The minimum absolute atomic E-state index is 0.0130. The second-order valence-electron chi connectivity index (χ2n) is 7.04. The largest absolute Gasteiger partial charge is 0.322 e. The number of benzene rings is 2. The van der Waals surface area contributed by atoms with E-state index in [1.165, 1.54) is 0 Å². The molecule has 26 heavy (non-hydrogen) atoms. The van der Waals surface area contributed by atoms with Crippen molar-refractivity contribution in [3.05, 3.63) is 60.7 Å². The summed E-state index contributed by atoms with van der Waals surface area (Å²) >= 11 is 0. The fourth-order valence-corrected chi connectivity index (χ4v) is 6.10. The highest BCUT2D eigenvalue weighted by Crippen LogP contribution is 2.40. The second kappa shape index (κ2) is 6.76. The molecule has 0 aromatic heterocycles. The number of sulfone groups is 1. The molecule has 2 heterocycles. The van der Waals surface area contributed by atoms with Crippen LogP contribution in [-0.4, -0.2) is 36.7 Å². The van der Waals surface area contributed by atoms with Crippen molar-refractivity contribution in [2.24, 2.45) is 0 Å². The van der Waals surface area contributed by atoms with Gasteiger partial charge in [-0.1, -0.05) is 36.4 Å². The molecular formula is C20H22N2O3S. The van der Waals surface area contributed by atoms with Gasteiger partial charge >= 0.3 is 6.03 Å². The first-order valence-corrected chi connectivity index (χ1v) is 10.5. The normalized spacial score (nSPS) is 25.1. The number of fused-ring (bicyclic) bond motifs is 2. The number of hydrogen-bond acceptors (Lipinski definition) is 3. The Morgan fingerprint density at radius 2 is 1.42 bits per heavy atom. The van der Waals surface area contributed by atoms with Gasteiger partial charge < -0.3 is 10.2 Å². The van der Waals surface area contributed by atoms with Gasteiger partial charge in [-0.25, -0.2) is 13.2 Å². The van der Waals surface area contributed by atoms with Crippen LogP contribution in [0.1, 0.15) is 25.7 Å². The molecule has 0 spiro atoms. The summed E-state index contributed by atoms with van der Waals surface area (Å²) < 4.78 is 25.9. The van der Waals surface area contributed by atoms with Crippen LogP contribution in [0.25, 0.3) is 0 Å². The number of amides is 2. The maximum atomic E-state index is 13.0. The number of anilines is 1. The fourth-order valence-electron chi connectivity index (χ4n) is 4.22. The molecule has 2 saturated heterocycles. The zero-order valence-electron chi connectivity index (χ0n) is 14.4. The first-order valence-electron chi connectivity index (χ1n) is 8.99. The number of piperidine rings is 1. The van der Waals surface area contributed by atoms with E-state index in [1.54, 1.807) is 24.3 Å². The van der Waals surface area contributed by atoms with Crippen molar-refractivity contribution in [1.29, 1.82) is 0 Å². The Balaban J connectivity index is 1.50. The summed E-state index contributed by atoms with van der Waals surface area (Å²) in [6.45, 7) is 0. The summed E-state index contributed by atoms with van der Waals surface area (Å²) in [4.78, 5) is 15.0. The van der Waals surface area contributed by atoms with E-state index in [0.717, 1.165) is 18.5 Å². The molecule has 0 radical (unpaired) electrons. The average Bonchev–Trinajstić information content (AvgIpc) is 2.93. The molecule has 2 aliphatic rings. The number of rotatable bonds is 3. The SMILES string of the molecule is O=C(Nc1ccccc1)N1[C@@H]2CC[C@H]1CC(S(=O)(=O)c1ccccc1)C2. The third kappa shape index (κ3) is 3.09. The molecule has 0 aliphatic carbocycles. The smallest absolute Gasteiger partial charge is 0.318 e. The van der Waals surface area contributed by atoms with Gasteiger partial charge in [0.25, 0.3) is 0 Å². The van der Waals surface area contributed by atoms with Gasteiger partial charge in [-0.15, -0.1) is 0 Å². The predicted octanol–water partition coefficient (Wildman–Crippen LogP) is 3.69. The number of para-hydroxylation sites is 1. The molecule has 3 atom stereocenters. The van der Waals surface area contributed by atoms with Crippen LogP contribution in [-0.2, 0) is 9.84 Å². The van der Waals surface area contributed by atoms with E-state index >= 15 is 0 Å². The van der Waals surface area contributed by atoms with E-state index in [1.807, 2.05) is 41.3 Å². The summed E-state index contributed by atoms with van der Waals surface area (Å²) in [5, 5.41) is 2.52. The Labute approximate surface area is 153 Å². The van der Waals surface area contributed by atoms with Crippen LogP contribution < -0.4 is 5.32 Å². The lowest BCUT2D eigenvalue weighted by Gasteiger charge is -2.38. The zero-order chi connectivity index (χ0) is 18.1. The van der Waals surface area contributed by atoms with Crippen LogP contribution in [0.4, 0.5) is 10.5 Å². The highest BCUT2D eigenvalue weighted by atomic mass is 32.2. The molecule has 2 bridgehead atoms. The summed E-state index contributed by atoms with van der Waals surface area (Å²) in [7, 11) is -3.35. The maximum Gasteiger partial charge on any atom is 0.322 e. The molecule has 2 aromatic carbocycles.